The van der Waals surface area contributed by atoms with Crippen molar-refractivity contribution in [1.29, 1.82) is 0 Å². The van der Waals surface area contributed by atoms with Crippen LogP contribution in [0.4, 0.5) is 5.69 Å². The Balaban J connectivity index is 1.53. The highest BCUT2D eigenvalue weighted by Crippen LogP contribution is 2.17. The van der Waals surface area contributed by atoms with E-state index in [0.29, 0.717) is 22.3 Å². The number of thioether (sulfide) groups is 1. The quantitative estimate of drug-likeness (QED) is 0.695. The van der Waals surface area contributed by atoms with Gasteiger partial charge in [0.2, 0.25) is 5.91 Å². The molecule has 0 bridgehead atoms. The first-order chi connectivity index (χ1) is 13.9. The molecule has 9 heteroatoms. The molecule has 2 aromatic rings. The second-order valence-electron chi connectivity index (χ2n) is 7.63. The van der Waals surface area contributed by atoms with E-state index in [1.165, 1.54) is 11.8 Å². The third-order valence-electron chi connectivity index (χ3n) is 4.68. The number of amides is 2. The molecule has 1 aliphatic heterocycles. The predicted octanol–water partition coefficient (Wildman–Crippen LogP) is 1.96. The van der Waals surface area contributed by atoms with Crippen molar-refractivity contribution in [2.24, 2.45) is 13.0 Å². The lowest BCUT2D eigenvalue weighted by Gasteiger charge is -2.35. The molecule has 156 valence electrons. The maximum Gasteiger partial charge on any atom is 0.254 e. The van der Waals surface area contributed by atoms with Crippen LogP contribution in [0.5, 0.6) is 0 Å². The number of nitrogens with zero attached hydrogens (tertiary/aromatic N) is 5. The Morgan fingerprint density at radius 3 is 2.62 bits per heavy atom. The first kappa shape index (κ1) is 21.3. The fraction of sp³-hybridized carbons (Fsp3) is 0.500. The predicted molar refractivity (Wildman–Crippen MR) is 114 cm³/mol. The number of anilines is 1. The van der Waals surface area contributed by atoms with Crippen molar-refractivity contribution in [2.45, 2.75) is 19.0 Å². The van der Waals surface area contributed by atoms with Crippen molar-refractivity contribution < 1.29 is 9.59 Å². The smallest absolute Gasteiger partial charge is 0.254 e. The molecule has 1 N–H and O–H groups in total. The molecule has 1 aromatic carbocycles. The van der Waals surface area contributed by atoms with E-state index >= 15 is 0 Å². The molecule has 1 aliphatic rings. The van der Waals surface area contributed by atoms with Gasteiger partial charge in [0.25, 0.3) is 5.91 Å². The number of rotatable bonds is 7. The van der Waals surface area contributed by atoms with Gasteiger partial charge in [0.05, 0.1) is 5.75 Å². The Morgan fingerprint density at radius 1 is 1.21 bits per heavy atom. The molecular formula is C20H28N6O2S. The van der Waals surface area contributed by atoms with E-state index < -0.39 is 0 Å². The zero-order chi connectivity index (χ0) is 20.8. The van der Waals surface area contributed by atoms with E-state index in [1.807, 2.05) is 11.9 Å². The number of piperazine rings is 1. The molecule has 1 aromatic heterocycles. The van der Waals surface area contributed by atoms with Gasteiger partial charge in [0.15, 0.2) is 5.16 Å². The number of aromatic nitrogens is 3. The highest BCUT2D eigenvalue weighted by molar-refractivity contribution is 7.99. The number of carbonyl (C=O) groups is 2. The van der Waals surface area contributed by atoms with Gasteiger partial charge in [-0.3, -0.25) is 14.5 Å². The Morgan fingerprint density at radius 2 is 1.97 bits per heavy atom. The summed E-state index contributed by atoms with van der Waals surface area (Å²) in [5.74, 6) is 0.718. The molecule has 1 saturated heterocycles. The lowest BCUT2D eigenvalue weighted by molar-refractivity contribution is -0.113. The molecule has 8 nitrogen and oxygen atoms in total. The molecule has 29 heavy (non-hydrogen) atoms. The maximum absolute atomic E-state index is 12.9. The number of carbonyl (C=O) groups excluding carboxylic acids is 2. The summed E-state index contributed by atoms with van der Waals surface area (Å²) in [4.78, 5) is 29.4. The van der Waals surface area contributed by atoms with E-state index in [1.54, 1.807) is 35.2 Å². The van der Waals surface area contributed by atoms with Crippen LogP contribution in [0.25, 0.3) is 0 Å². The van der Waals surface area contributed by atoms with Gasteiger partial charge in [0, 0.05) is 51.0 Å². The van der Waals surface area contributed by atoms with E-state index in [4.69, 9.17) is 0 Å². The Kier molecular flexibility index (Phi) is 7.27. The van der Waals surface area contributed by atoms with Crippen LogP contribution in [0.15, 0.2) is 35.7 Å². The summed E-state index contributed by atoms with van der Waals surface area (Å²) in [5, 5.41) is 11.3. The van der Waals surface area contributed by atoms with Gasteiger partial charge in [-0.1, -0.05) is 31.7 Å². The molecule has 0 atom stereocenters. The molecule has 0 saturated carbocycles. The molecule has 0 unspecified atom stereocenters. The van der Waals surface area contributed by atoms with Crippen LogP contribution in [-0.2, 0) is 11.8 Å². The SMILES string of the molecule is CC(C)CN1CCN(C(=O)c2cccc(NC(=O)CSc3nncn3C)c2)CC1. The number of nitrogens with one attached hydrogen (secondary N) is 1. The van der Waals surface area contributed by atoms with Crippen LogP contribution in [0.1, 0.15) is 24.2 Å². The van der Waals surface area contributed by atoms with Crippen LogP contribution in [0, 0.1) is 5.92 Å². The minimum atomic E-state index is -0.148. The average Bonchev–Trinajstić information content (AvgIpc) is 3.11. The lowest BCUT2D eigenvalue weighted by atomic mass is 10.1. The van der Waals surface area contributed by atoms with Gasteiger partial charge in [-0.25, -0.2) is 0 Å². The van der Waals surface area contributed by atoms with E-state index in [2.05, 4.69) is 34.3 Å². The van der Waals surface area contributed by atoms with Crippen LogP contribution in [0.2, 0.25) is 0 Å². The number of aryl methyl sites for hydroxylation is 1. The summed E-state index contributed by atoms with van der Waals surface area (Å²) in [6, 6.07) is 7.14. The van der Waals surface area contributed by atoms with Crippen LogP contribution < -0.4 is 5.32 Å². The highest BCUT2D eigenvalue weighted by atomic mass is 32.2. The first-order valence-corrected chi connectivity index (χ1v) is 10.8. The largest absolute Gasteiger partial charge is 0.336 e. The fourth-order valence-electron chi connectivity index (χ4n) is 3.29. The molecule has 0 aliphatic carbocycles. The topological polar surface area (TPSA) is 83.4 Å². The van der Waals surface area contributed by atoms with Crippen LogP contribution in [-0.4, -0.2) is 74.9 Å². The number of hydrogen-bond acceptors (Lipinski definition) is 6. The highest BCUT2D eigenvalue weighted by Gasteiger charge is 2.22. The zero-order valence-corrected chi connectivity index (χ0v) is 18.0. The molecule has 1 fully saturated rings. The maximum atomic E-state index is 12.9. The van der Waals surface area contributed by atoms with Crippen LogP contribution >= 0.6 is 11.8 Å². The van der Waals surface area contributed by atoms with Gasteiger partial charge in [0.1, 0.15) is 6.33 Å². The van der Waals surface area contributed by atoms with Gasteiger partial charge in [-0.05, 0) is 24.1 Å². The molecule has 2 amide bonds. The minimum Gasteiger partial charge on any atom is -0.336 e. The summed E-state index contributed by atoms with van der Waals surface area (Å²) in [6.07, 6.45) is 1.60. The summed E-state index contributed by atoms with van der Waals surface area (Å²) in [5.41, 5.74) is 1.22. The number of benzene rings is 1. The third-order valence-corrected chi connectivity index (χ3v) is 5.71. The molecule has 0 radical (unpaired) electrons. The Bertz CT molecular complexity index is 845. The van der Waals surface area contributed by atoms with Crippen molar-refractivity contribution in [3.8, 4) is 0 Å². The Labute approximate surface area is 175 Å². The van der Waals surface area contributed by atoms with E-state index in [0.717, 1.165) is 32.7 Å². The number of hydrogen-bond donors (Lipinski definition) is 1. The lowest BCUT2D eigenvalue weighted by Crippen LogP contribution is -2.49. The van der Waals surface area contributed by atoms with Crippen molar-refractivity contribution in [3.05, 3.63) is 36.2 Å². The molecule has 2 heterocycles. The fourth-order valence-corrected chi connectivity index (χ4v) is 3.98. The second-order valence-corrected chi connectivity index (χ2v) is 8.57. The Hall–Kier alpha value is -2.39. The first-order valence-electron chi connectivity index (χ1n) is 9.80. The molecule has 0 spiro atoms. The van der Waals surface area contributed by atoms with Gasteiger partial charge >= 0.3 is 0 Å². The van der Waals surface area contributed by atoms with Crippen molar-refractivity contribution in [2.75, 3.05) is 43.8 Å². The summed E-state index contributed by atoms with van der Waals surface area (Å²) in [6.45, 7) is 8.76. The van der Waals surface area contributed by atoms with Gasteiger partial charge in [-0.15, -0.1) is 10.2 Å². The standard InChI is InChI=1S/C20H28N6O2S/c1-15(2)12-25-7-9-26(10-8-25)19(28)16-5-4-6-17(11-16)22-18(27)13-29-20-23-21-14-24(20)3/h4-6,11,14-15H,7-10,12-13H2,1-3H3,(H,22,27). The van der Waals surface area contributed by atoms with Crippen molar-refractivity contribution in [1.82, 2.24) is 24.6 Å². The van der Waals surface area contributed by atoms with Gasteiger partial charge < -0.3 is 14.8 Å². The minimum absolute atomic E-state index is 0.0127. The van der Waals surface area contributed by atoms with Gasteiger partial charge in [-0.2, -0.15) is 0 Å². The summed E-state index contributed by atoms with van der Waals surface area (Å²) >= 11 is 1.32. The molecular weight excluding hydrogens is 388 g/mol. The average molecular weight is 417 g/mol. The normalized spacial score (nSPS) is 15.0. The van der Waals surface area contributed by atoms with E-state index in [9.17, 15) is 9.59 Å². The van der Waals surface area contributed by atoms with Crippen molar-refractivity contribution in [3.63, 3.8) is 0 Å². The third kappa shape index (κ3) is 6.04. The second kappa shape index (κ2) is 9.89. The summed E-state index contributed by atoms with van der Waals surface area (Å²) < 4.78 is 1.76. The van der Waals surface area contributed by atoms with E-state index in [-0.39, 0.29) is 17.6 Å². The molecule has 3 rings (SSSR count). The van der Waals surface area contributed by atoms with Crippen LogP contribution in [0.3, 0.4) is 0 Å². The summed E-state index contributed by atoms with van der Waals surface area (Å²) in [7, 11) is 1.83. The van der Waals surface area contributed by atoms with Crippen molar-refractivity contribution >= 4 is 29.3 Å². The monoisotopic (exact) mass is 416 g/mol. The zero-order valence-electron chi connectivity index (χ0n) is 17.2.